The highest BCUT2D eigenvalue weighted by molar-refractivity contribution is 6.30. The van der Waals surface area contributed by atoms with Gasteiger partial charge in [0.2, 0.25) is 0 Å². The van der Waals surface area contributed by atoms with E-state index in [9.17, 15) is 9.65 Å². The van der Waals surface area contributed by atoms with E-state index in [4.69, 9.17) is 16.3 Å². The van der Waals surface area contributed by atoms with Crippen LogP contribution in [0.5, 0.6) is 0 Å². The molecule has 1 aliphatic rings. The highest BCUT2D eigenvalue weighted by Gasteiger charge is 2.22. The van der Waals surface area contributed by atoms with Crippen LogP contribution in [0.4, 0.5) is 4.39 Å². The predicted octanol–water partition coefficient (Wildman–Crippen LogP) is 2.38. The molecule has 1 unspecified atom stereocenters. The van der Waals surface area contributed by atoms with Gasteiger partial charge in [-0.25, -0.2) is 4.39 Å². The Morgan fingerprint density at radius 2 is 2.12 bits per heavy atom. The molecule has 1 saturated heterocycles. The van der Waals surface area contributed by atoms with Crippen molar-refractivity contribution in [2.45, 2.75) is 6.04 Å². The molecule has 0 aliphatic carbocycles. The first-order valence-electron chi connectivity index (χ1n) is 5.38. The third-order valence-electron chi connectivity index (χ3n) is 2.79. The van der Waals surface area contributed by atoms with Crippen LogP contribution in [0, 0.1) is 17.1 Å². The molecule has 1 aromatic carbocycles. The van der Waals surface area contributed by atoms with E-state index in [1.54, 1.807) is 6.07 Å². The molecule has 5 heteroatoms. The molecule has 1 heterocycles. The predicted molar refractivity (Wildman–Crippen MR) is 62.2 cm³/mol. The molecule has 17 heavy (non-hydrogen) atoms. The number of hydrogen-bond donors (Lipinski definition) is 0. The van der Waals surface area contributed by atoms with Crippen LogP contribution in [0.1, 0.15) is 11.6 Å². The molecule has 0 saturated carbocycles. The molecule has 3 nitrogen and oxygen atoms in total. The summed E-state index contributed by atoms with van der Waals surface area (Å²) in [6.07, 6.45) is 0. The van der Waals surface area contributed by atoms with Crippen molar-refractivity contribution in [2.24, 2.45) is 0 Å². The SMILES string of the molecule is N#CC(c1ccc(F)c(Cl)c1)N1CCOCC1. The van der Waals surface area contributed by atoms with Gasteiger partial charge in [-0.05, 0) is 17.7 Å². The Hall–Kier alpha value is -1.15. The van der Waals surface area contributed by atoms with E-state index >= 15 is 0 Å². The molecule has 0 bridgehead atoms. The van der Waals surface area contributed by atoms with Gasteiger partial charge in [0, 0.05) is 13.1 Å². The van der Waals surface area contributed by atoms with E-state index < -0.39 is 11.9 Å². The highest BCUT2D eigenvalue weighted by atomic mass is 35.5. The van der Waals surface area contributed by atoms with Crippen molar-refractivity contribution >= 4 is 11.6 Å². The van der Waals surface area contributed by atoms with E-state index in [0.717, 1.165) is 5.56 Å². The Balaban J connectivity index is 2.22. The fourth-order valence-electron chi connectivity index (χ4n) is 1.89. The average Bonchev–Trinajstić information content (AvgIpc) is 2.36. The second-order valence-corrected chi connectivity index (χ2v) is 4.26. The first-order valence-corrected chi connectivity index (χ1v) is 5.76. The molecule has 1 aliphatic heterocycles. The first-order chi connectivity index (χ1) is 8.22. The molecule has 0 amide bonds. The van der Waals surface area contributed by atoms with E-state index in [0.29, 0.717) is 26.3 Å². The summed E-state index contributed by atoms with van der Waals surface area (Å²) in [6, 6.07) is 6.24. The van der Waals surface area contributed by atoms with Crippen LogP contribution in [0.15, 0.2) is 18.2 Å². The number of ether oxygens (including phenoxy) is 1. The van der Waals surface area contributed by atoms with Crippen LogP contribution >= 0.6 is 11.6 Å². The van der Waals surface area contributed by atoms with Gasteiger partial charge in [0.25, 0.3) is 0 Å². The lowest BCUT2D eigenvalue weighted by molar-refractivity contribution is 0.0266. The van der Waals surface area contributed by atoms with Gasteiger partial charge in [-0.2, -0.15) is 5.26 Å². The summed E-state index contributed by atoms with van der Waals surface area (Å²) < 4.78 is 18.3. The smallest absolute Gasteiger partial charge is 0.141 e. The fourth-order valence-corrected chi connectivity index (χ4v) is 2.07. The number of nitriles is 1. The number of rotatable bonds is 2. The number of nitrogens with zero attached hydrogens (tertiary/aromatic N) is 2. The molecule has 1 aromatic rings. The monoisotopic (exact) mass is 254 g/mol. The summed E-state index contributed by atoms with van der Waals surface area (Å²) in [6.45, 7) is 2.64. The fraction of sp³-hybridized carbons (Fsp3) is 0.417. The molecule has 0 aromatic heterocycles. The number of morpholine rings is 1. The van der Waals surface area contributed by atoms with Crippen LogP contribution in [-0.2, 0) is 4.74 Å². The van der Waals surface area contributed by atoms with E-state index in [-0.39, 0.29) is 5.02 Å². The van der Waals surface area contributed by atoms with Crippen LogP contribution in [0.2, 0.25) is 5.02 Å². The Morgan fingerprint density at radius 3 is 2.71 bits per heavy atom. The van der Waals surface area contributed by atoms with Gasteiger partial charge in [0.15, 0.2) is 0 Å². The maximum absolute atomic E-state index is 13.1. The maximum Gasteiger partial charge on any atom is 0.141 e. The first kappa shape index (κ1) is 12.3. The molecule has 90 valence electrons. The van der Waals surface area contributed by atoms with Crippen LogP contribution in [-0.4, -0.2) is 31.2 Å². The van der Waals surface area contributed by atoms with Crippen molar-refractivity contribution in [2.75, 3.05) is 26.3 Å². The van der Waals surface area contributed by atoms with Crippen molar-refractivity contribution < 1.29 is 9.13 Å². The largest absolute Gasteiger partial charge is 0.379 e. The number of halogens is 2. The number of benzene rings is 1. The van der Waals surface area contributed by atoms with Crippen LogP contribution in [0.3, 0.4) is 0 Å². The lowest BCUT2D eigenvalue weighted by Crippen LogP contribution is -2.38. The van der Waals surface area contributed by atoms with E-state index in [1.165, 1.54) is 12.1 Å². The van der Waals surface area contributed by atoms with Crippen molar-refractivity contribution in [1.82, 2.24) is 4.90 Å². The summed E-state index contributed by atoms with van der Waals surface area (Å²) in [4.78, 5) is 2.01. The highest BCUT2D eigenvalue weighted by Crippen LogP contribution is 2.25. The molecule has 1 fully saturated rings. The molecule has 2 rings (SSSR count). The van der Waals surface area contributed by atoms with E-state index in [2.05, 4.69) is 6.07 Å². The standard InChI is InChI=1S/C12H12ClFN2O/c13-10-7-9(1-2-11(10)14)12(8-15)16-3-5-17-6-4-16/h1-2,7,12H,3-6H2. The van der Waals surface area contributed by atoms with Crippen molar-refractivity contribution in [3.63, 3.8) is 0 Å². The summed E-state index contributed by atoms with van der Waals surface area (Å²) >= 11 is 5.73. The minimum absolute atomic E-state index is 0.0519. The van der Waals surface area contributed by atoms with Gasteiger partial charge in [0.1, 0.15) is 11.9 Å². The van der Waals surface area contributed by atoms with Crippen molar-refractivity contribution in [3.8, 4) is 6.07 Å². The molecule has 0 radical (unpaired) electrons. The molecular weight excluding hydrogens is 243 g/mol. The quantitative estimate of drug-likeness (QED) is 0.813. The van der Waals surface area contributed by atoms with Gasteiger partial charge in [-0.3, -0.25) is 4.90 Å². The van der Waals surface area contributed by atoms with Crippen molar-refractivity contribution in [3.05, 3.63) is 34.6 Å². The van der Waals surface area contributed by atoms with E-state index in [1.807, 2.05) is 4.90 Å². The summed E-state index contributed by atoms with van der Waals surface area (Å²) in [5.74, 6) is -0.464. The zero-order chi connectivity index (χ0) is 12.3. The van der Waals surface area contributed by atoms with Crippen LogP contribution < -0.4 is 0 Å². The Labute approximate surface area is 104 Å². The lowest BCUT2D eigenvalue weighted by atomic mass is 10.1. The van der Waals surface area contributed by atoms with Crippen molar-refractivity contribution in [1.29, 1.82) is 5.26 Å². The Morgan fingerprint density at radius 1 is 1.41 bits per heavy atom. The molecular formula is C12H12ClFN2O. The minimum Gasteiger partial charge on any atom is -0.379 e. The number of hydrogen-bond acceptors (Lipinski definition) is 3. The zero-order valence-electron chi connectivity index (χ0n) is 9.20. The minimum atomic E-state index is -0.464. The molecule has 0 spiro atoms. The van der Waals surface area contributed by atoms with Crippen LogP contribution in [0.25, 0.3) is 0 Å². The Kier molecular flexibility index (Phi) is 3.95. The molecule has 1 atom stereocenters. The second kappa shape index (κ2) is 5.46. The maximum atomic E-state index is 13.1. The third-order valence-corrected chi connectivity index (χ3v) is 3.08. The second-order valence-electron chi connectivity index (χ2n) is 3.85. The van der Waals surface area contributed by atoms with Gasteiger partial charge in [0.05, 0.1) is 24.3 Å². The average molecular weight is 255 g/mol. The van der Waals surface area contributed by atoms with Gasteiger partial charge >= 0.3 is 0 Å². The Bertz CT molecular complexity index is 441. The van der Waals surface area contributed by atoms with Gasteiger partial charge in [-0.1, -0.05) is 17.7 Å². The normalized spacial score (nSPS) is 18.6. The lowest BCUT2D eigenvalue weighted by Gasteiger charge is -2.30. The van der Waals surface area contributed by atoms with Gasteiger partial charge in [-0.15, -0.1) is 0 Å². The summed E-state index contributed by atoms with van der Waals surface area (Å²) in [5, 5.41) is 9.27. The topological polar surface area (TPSA) is 36.3 Å². The summed E-state index contributed by atoms with van der Waals surface area (Å²) in [7, 11) is 0. The third kappa shape index (κ3) is 2.75. The summed E-state index contributed by atoms with van der Waals surface area (Å²) in [5.41, 5.74) is 0.723. The molecule has 0 N–H and O–H groups in total. The van der Waals surface area contributed by atoms with Gasteiger partial charge < -0.3 is 4.74 Å². The zero-order valence-corrected chi connectivity index (χ0v) is 9.95.